The van der Waals surface area contributed by atoms with Crippen LogP contribution in [0.15, 0.2) is 36.5 Å². The van der Waals surface area contributed by atoms with Crippen molar-refractivity contribution < 1.29 is 24.5 Å². The Bertz CT molecular complexity index is 1120. The monoisotopic (exact) mass is 956 g/mol. The zero-order chi connectivity index (χ0) is 49.5. The second kappa shape index (κ2) is 56.0. The third-order valence-electron chi connectivity index (χ3n) is 13.9. The Balaban J connectivity index is 4.55. The van der Waals surface area contributed by atoms with Crippen molar-refractivity contribution in [1.29, 1.82) is 0 Å². The van der Waals surface area contributed by atoms with Gasteiger partial charge in [0.15, 0.2) is 0 Å². The fraction of sp³-hybridized carbons (Fsp3) is 0.871. The lowest BCUT2D eigenvalue weighted by molar-refractivity contribution is -0.151. The summed E-state index contributed by atoms with van der Waals surface area (Å²) in [7, 11) is 0. The summed E-state index contributed by atoms with van der Waals surface area (Å²) in [4.78, 5) is 26.3. The highest BCUT2D eigenvalue weighted by Crippen LogP contribution is 2.19. The topological polar surface area (TPSA) is 95.9 Å². The summed E-state index contributed by atoms with van der Waals surface area (Å²) in [6.07, 6.45) is 67.8. The molecule has 0 aromatic rings. The van der Waals surface area contributed by atoms with Crippen LogP contribution in [0.1, 0.15) is 323 Å². The van der Waals surface area contributed by atoms with Gasteiger partial charge in [0.2, 0.25) is 5.91 Å². The third-order valence-corrected chi connectivity index (χ3v) is 13.9. The summed E-state index contributed by atoms with van der Waals surface area (Å²) in [6.45, 7) is 6.49. The Morgan fingerprint density at radius 2 is 0.750 bits per heavy atom. The van der Waals surface area contributed by atoms with E-state index in [4.69, 9.17) is 4.74 Å². The van der Waals surface area contributed by atoms with Crippen molar-refractivity contribution >= 4 is 11.9 Å². The summed E-state index contributed by atoms with van der Waals surface area (Å²) >= 11 is 0. The van der Waals surface area contributed by atoms with Gasteiger partial charge in [-0.15, -0.1) is 0 Å². The van der Waals surface area contributed by atoms with Crippen LogP contribution in [0.2, 0.25) is 0 Å². The summed E-state index contributed by atoms with van der Waals surface area (Å²) in [5.74, 6) is -0.470. The number of carbonyl (C=O) groups excluding carboxylic acids is 2. The molecule has 0 aromatic carbocycles. The second-order valence-electron chi connectivity index (χ2n) is 20.7. The Kier molecular flexibility index (Phi) is 54.4. The van der Waals surface area contributed by atoms with Crippen LogP contribution in [0.4, 0.5) is 0 Å². The largest absolute Gasteiger partial charge is 0.462 e. The molecule has 0 aliphatic rings. The molecule has 400 valence electrons. The van der Waals surface area contributed by atoms with E-state index in [1.165, 1.54) is 212 Å². The van der Waals surface area contributed by atoms with E-state index in [-0.39, 0.29) is 24.9 Å². The van der Waals surface area contributed by atoms with Crippen LogP contribution >= 0.6 is 0 Å². The average Bonchev–Trinajstić information content (AvgIpc) is 3.33. The molecule has 0 heterocycles. The molecule has 6 nitrogen and oxygen atoms in total. The van der Waals surface area contributed by atoms with E-state index in [0.29, 0.717) is 19.3 Å². The van der Waals surface area contributed by atoms with Crippen LogP contribution < -0.4 is 5.32 Å². The molecule has 3 atom stereocenters. The number of ether oxygens (including phenoxy) is 1. The van der Waals surface area contributed by atoms with Crippen molar-refractivity contribution in [3.8, 4) is 0 Å². The molecule has 0 bridgehead atoms. The van der Waals surface area contributed by atoms with Gasteiger partial charge in [-0.3, -0.25) is 9.59 Å². The van der Waals surface area contributed by atoms with Gasteiger partial charge in [-0.25, -0.2) is 0 Å². The molecule has 0 spiro atoms. The SMILES string of the molecule is CCCCC/C=C\C/C=C\CCCCCCCCCC(=O)OC(CCCCCCCCC/C=C/CCCCCCCC)CC(=O)NC(CO)C(O)CCCCCCCCCCCCCCCCC. The molecule has 0 rings (SSSR count). The van der Waals surface area contributed by atoms with E-state index in [2.05, 4.69) is 62.5 Å². The van der Waals surface area contributed by atoms with E-state index >= 15 is 0 Å². The van der Waals surface area contributed by atoms with Crippen molar-refractivity contribution in [2.45, 2.75) is 341 Å². The van der Waals surface area contributed by atoms with Crippen molar-refractivity contribution in [2.75, 3.05) is 6.61 Å². The smallest absolute Gasteiger partial charge is 0.306 e. The number of rotatable bonds is 55. The molecule has 3 N–H and O–H groups in total. The number of nitrogens with one attached hydrogen (secondary N) is 1. The first kappa shape index (κ1) is 66.1. The first-order chi connectivity index (χ1) is 33.5. The average molecular weight is 957 g/mol. The van der Waals surface area contributed by atoms with Crippen LogP contribution in [-0.4, -0.2) is 46.9 Å². The van der Waals surface area contributed by atoms with E-state index in [9.17, 15) is 19.8 Å². The Morgan fingerprint density at radius 1 is 0.426 bits per heavy atom. The van der Waals surface area contributed by atoms with Gasteiger partial charge in [0.25, 0.3) is 0 Å². The maximum atomic E-state index is 13.3. The Hall–Kier alpha value is -1.92. The van der Waals surface area contributed by atoms with Crippen molar-refractivity contribution in [1.82, 2.24) is 5.32 Å². The lowest BCUT2D eigenvalue weighted by Crippen LogP contribution is -2.46. The molecule has 3 unspecified atom stereocenters. The summed E-state index contributed by atoms with van der Waals surface area (Å²) in [6, 6.07) is -0.704. The third kappa shape index (κ3) is 50.5. The molecule has 68 heavy (non-hydrogen) atoms. The van der Waals surface area contributed by atoms with Gasteiger partial charge in [-0.1, -0.05) is 263 Å². The van der Waals surface area contributed by atoms with Gasteiger partial charge in [0.05, 0.1) is 25.2 Å². The number of esters is 1. The van der Waals surface area contributed by atoms with Gasteiger partial charge in [0, 0.05) is 6.42 Å². The summed E-state index contributed by atoms with van der Waals surface area (Å²) in [5.41, 5.74) is 0. The predicted molar refractivity (Wildman–Crippen MR) is 296 cm³/mol. The van der Waals surface area contributed by atoms with Crippen LogP contribution in [0.5, 0.6) is 0 Å². The maximum Gasteiger partial charge on any atom is 0.306 e. The molecule has 0 saturated carbocycles. The molecular formula is C62H117NO5. The van der Waals surface area contributed by atoms with Crippen LogP contribution in [-0.2, 0) is 14.3 Å². The predicted octanol–water partition coefficient (Wildman–Crippen LogP) is 18.8. The Morgan fingerprint density at radius 3 is 1.16 bits per heavy atom. The van der Waals surface area contributed by atoms with Crippen LogP contribution in [0, 0.1) is 0 Å². The fourth-order valence-electron chi connectivity index (χ4n) is 9.34. The normalized spacial score (nSPS) is 13.3. The molecule has 0 fully saturated rings. The number of hydrogen-bond donors (Lipinski definition) is 3. The molecule has 0 radical (unpaired) electrons. The minimum absolute atomic E-state index is 0.0746. The van der Waals surface area contributed by atoms with Crippen molar-refractivity contribution in [2.24, 2.45) is 0 Å². The molecule has 0 aliphatic carbocycles. The molecule has 0 aliphatic heterocycles. The highest BCUT2D eigenvalue weighted by molar-refractivity contribution is 5.77. The number of unbranched alkanes of at least 4 members (excludes halogenated alkanes) is 37. The maximum absolute atomic E-state index is 13.3. The highest BCUT2D eigenvalue weighted by atomic mass is 16.5. The lowest BCUT2D eigenvalue weighted by Gasteiger charge is -2.24. The number of hydrogen-bond acceptors (Lipinski definition) is 5. The summed E-state index contributed by atoms with van der Waals surface area (Å²) < 4.78 is 5.97. The van der Waals surface area contributed by atoms with Crippen molar-refractivity contribution in [3.63, 3.8) is 0 Å². The number of amides is 1. The second-order valence-corrected chi connectivity index (χ2v) is 20.7. The molecular weight excluding hydrogens is 839 g/mol. The van der Waals surface area contributed by atoms with Gasteiger partial charge in [-0.05, 0) is 83.5 Å². The number of aliphatic hydroxyl groups excluding tert-OH is 2. The van der Waals surface area contributed by atoms with E-state index in [1.54, 1.807) is 0 Å². The van der Waals surface area contributed by atoms with Crippen LogP contribution in [0.3, 0.4) is 0 Å². The lowest BCUT2D eigenvalue weighted by atomic mass is 10.0. The van der Waals surface area contributed by atoms with E-state index < -0.39 is 18.2 Å². The van der Waals surface area contributed by atoms with E-state index in [1.807, 2.05) is 0 Å². The minimum Gasteiger partial charge on any atom is -0.462 e. The standard InChI is InChI=1S/C62H117NO5/c1-4-7-10-13-16-19-22-25-28-30-33-35-38-41-44-47-50-53-58(68-62(67)55-52-49-46-43-40-37-34-31-29-26-23-20-17-14-11-8-5-2)56-61(66)63-59(57-64)60(65)54-51-48-45-42-39-36-32-27-24-21-18-15-12-9-6-3/h17,20,25-26,28-29,58-60,64-65H,4-16,18-19,21-24,27,30-57H2,1-3H3,(H,63,66)/b20-17-,28-25+,29-26-. The molecule has 0 saturated heterocycles. The first-order valence-corrected chi connectivity index (χ1v) is 30.2. The fourth-order valence-corrected chi connectivity index (χ4v) is 9.34. The molecule has 1 amide bonds. The van der Waals surface area contributed by atoms with Gasteiger partial charge < -0.3 is 20.3 Å². The zero-order valence-corrected chi connectivity index (χ0v) is 45.8. The molecule has 6 heteroatoms. The number of allylic oxidation sites excluding steroid dienone is 6. The first-order valence-electron chi connectivity index (χ1n) is 30.2. The highest BCUT2D eigenvalue weighted by Gasteiger charge is 2.24. The zero-order valence-electron chi connectivity index (χ0n) is 45.8. The number of aliphatic hydroxyl groups is 2. The van der Waals surface area contributed by atoms with E-state index in [0.717, 1.165) is 64.2 Å². The van der Waals surface area contributed by atoms with Gasteiger partial charge in [0.1, 0.15) is 6.10 Å². The van der Waals surface area contributed by atoms with Gasteiger partial charge >= 0.3 is 5.97 Å². The summed E-state index contributed by atoms with van der Waals surface area (Å²) in [5, 5.41) is 23.9. The van der Waals surface area contributed by atoms with Crippen LogP contribution in [0.25, 0.3) is 0 Å². The molecule has 0 aromatic heterocycles. The number of carbonyl (C=O) groups is 2. The van der Waals surface area contributed by atoms with Gasteiger partial charge in [-0.2, -0.15) is 0 Å². The quantitative estimate of drug-likeness (QED) is 0.0321. The van der Waals surface area contributed by atoms with Crippen molar-refractivity contribution in [3.05, 3.63) is 36.5 Å². The minimum atomic E-state index is -0.790. The Labute approximate surface area is 424 Å².